The normalized spacial score (nSPS) is 22.4. The van der Waals surface area contributed by atoms with Gasteiger partial charge in [-0.25, -0.2) is 0 Å². The van der Waals surface area contributed by atoms with Gasteiger partial charge >= 0.3 is 208 Å². The second-order valence-corrected chi connectivity index (χ2v) is 11.0. The van der Waals surface area contributed by atoms with E-state index in [4.69, 9.17) is 9.47 Å². The van der Waals surface area contributed by atoms with Gasteiger partial charge in [0.25, 0.3) is 0 Å². The Hall–Kier alpha value is -1.68. The van der Waals surface area contributed by atoms with Gasteiger partial charge in [-0.15, -0.1) is 0 Å². The summed E-state index contributed by atoms with van der Waals surface area (Å²) in [5.74, 6) is 1.89. The molecular weight excluding hydrogens is 473 g/mol. The van der Waals surface area contributed by atoms with Crippen molar-refractivity contribution in [2.45, 2.75) is 44.6 Å². The SMILES string of the molecule is COC1=C(OCCCN2CCCC2)C=C2C(=C([AsH2])c3ccccc3N2C2CCN(C)CC2)C1. The van der Waals surface area contributed by atoms with Crippen molar-refractivity contribution in [3.63, 3.8) is 0 Å². The Morgan fingerprint density at radius 3 is 2.58 bits per heavy atom. The summed E-state index contributed by atoms with van der Waals surface area (Å²) in [7, 11) is 4.02. The van der Waals surface area contributed by atoms with E-state index in [2.05, 4.69) is 52.1 Å². The Balaban J connectivity index is 1.42. The summed E-state index contributed by atoms with van der Waals surface area (Å²) in [5, 5.41) is 0. The quantitative estimate of drug-likeness (QED) is 0.412. The van der Waals surface area contributed by atoms with Crippen LogP contribution in [0.4, 0.5) is 5.69 Å². The molecule has 178 valence electrons. The van der Waals surface area contributed by atoms with Gasteiger partial charge in [-0.2, -0.15) is 0 Å². The van der Waals surface area contributed by atoms with Crippen LogP contribution in [0.1, 0.15) is 44.1 Å². The fourth-order valence-corrected chi connectivity index (χ4v) is 6.74. The molecule has 1 aliphatic carbocycles. The second kappa shape index (κ2) is 10.3. The van der Waals surface area contributed by atoms with Crippen LogP contribution < -0.4 is 4.90 Å². The van der Waals surface area contributed by atoms with Crippen molar-refractivity contribution < 1.29 is 9.47 Å². The molecule has 0 saturated carbocycles. The van der Waals surface area contributed by atoms with E-state index in [-0.39, 0.29) is 0 Å². The summed E-state index contributed by atoms with van der Waals surface area (Å²) in [5.41, 5.74) is 5.48. The average Bonchev–Trinajstić information content (AvgIpc) is 3.36. The molecule has 2 saturated heterocycles. The molecule has 5 nitrogen and oxygen atoms in total. The molecule has 1 aromatic carbocycles. The minimum atomic E-state index is 0.518. The van der Waals surface area contributed by atoms with Crippen molar-refractivity contribution in [2.24, 2.45) is 0 Å². The monoisotopic (exact) mass is 511 g/mol. The van der Waals surface area contributed by atoms with Crippen molar-refractivity contribution in [1.29, 1.82) is 0 Å². The standard InChI is InChI=1S/C27H38AsN3O2/c1-29-15-10-20(11-16-29)31-23-9-4-3-8-21(23)27(28)22-18-25(32-2)26(19-24(22)31)33-17-7-14-30-12-5-6-13-30/h3-4,8-9,19-20H,5-7,10-18,28H2,1-2H3. The summed E-state index contributed by atoms with van der Waals surface area (Å²) in [6.07, 6.45) is 9.22. The van der Waals surface area contributed by atoms with Crippen LogP contribution in [0.2, 0.25) is 0 Å². The molecule has 0 N–H and O–H groups in total. The Bertz CT molecular complexity index is 956. The van der Waals surface area contributed by atoms with Gasteiger partial charge in [0.15, 0.2) is 0 Å². The number of hydrogen-bond donors (Lipinski definition) is 0. The topological polar surface area (TPSA) is 28.2 Å². The van der Waals surface area contributed by atoms with E-state index in [0.717, 1.165) is 50.6 Å². The maximum absolute atomic E-state index is 6.37. The fourth-order valence-electron chi connectivity index (χ4n) is 5.70. The zero-order valence-corrected chi connectivity index (χ0v) is 22.6. The van der Waals surface area contributed by atoms with Crippen molar-refractivity contribution in [3.05, 3.63) is 58.7 Å². The number of rotatable bonds is 7. The van der Waals surface area contributed by atoms with E-state index < -0.39 is 0 Å². The van der Waals surface area contributed by atoms with Gasteiger partial charge in [-0.05, 0) is 0 Å². The summed E-state index contributed by atoms with van der Waals surface area (Å²) in [4.78, 5) is 7.63. The summed E-state index contributed by atoms with van der Waals surface area (Å²) < 4.78 is 13.7. The van der Waals surface area contributed by atoms with Crippen LogP contribution in [0, 0.1) is 0 Å². The van der Waals surface area contributed by atoms with E-state index >= 15 is 0 Å². The van der Waals surface area contributed by atoms with Crippen molar-refractivity contribution in [3.8, 4) is 0 Å². The van der Waals surface area contributed by atoms with E-state index in [9.17, 15) is 0 Å². The number of likely N-dealkylation sites (tertiary alicyclic amines) is 2. The molecule has 2 fully saturated rings. The van der Waals surface area contributed by atoms with Gasteiger partial charge in [0.05, 0.1) is 0 Å². The summed E-state index contributed by atoms with van der Waals surface area (Å²) in [6, 6.07) is 9.47. The average molecular weight is 512 g/mol. The number of hydrogen-bond acceptors (Lipinski definition) is 5. The number of para-hydroxylation sites is 1. The van der Waals surface area contributed by atoms with Crippen LogP contribution in [0.25, 0.3) is 4.36 Å². The number of nitrogens with zero attached hydrogens (tertiary/aromatic N) is 3. The number of methoxy groups -OCH3 is 1. The van der Waals surface area contributed by atoms with E-state index in [1.807, 2.05) is 0 Å². The molecule has 1 atom stereocenters. The van der Waals surface area contributed by atoms with Crippen LogP contribution in [0.15, 0.2) is 53.1 Å². The molecule has 33 heavy (non-hydrogen) atoms. The third kappa shape index (κ3) is 4.78. The number of benzene rings is 1. The molecule has 1 unspecified atom stereocenters. The third-order valence-corrected chi connectivity index (χ3v) is 8.99. The fraction of sp³-hybridized carbons (Fsp3) is 0.556. The number of fused-ring (bicyclic) bond motifs is 2. The minimum absolute atomic E-state index is 0.518. The molecule has 1 aromatic rings. The zero-order chi connectivity index (χ0) is 22.8. The molecule has 6 heteroatoms. The van der Waals surface area contributed by atoms with Crippen molar-refractivity contribution in [1.82, 2.24) is 9.80 Å². The number of ether oxygens (including phenoxy) is 2. The molecule has 3 aliphatic heterocycles. The number of piperidine rings is 1. The van der Waals surface area contributed by atoms with Gasteiger partial charge in [0.2, 0.25) is 0 Å². The Morgan fingerprint density at radius 2 is 1.82 bits per heavy atom. The third-order valence-electron chi connectivity index (χ3n) is 7.60. The van der Waals surface area contributed by atoms with E-state index in [1.165, 1.54) is 65.7 Å². The Kier molecular flexibility index (Phi) is 7.20. The van der Waals surface area contributed by atoms with Crippen molar-refractivity contribution >= 4 is 26.9 Å². The van der Waals surface area contributed by atoms with Gasteiger partial charge in [-0.1, -0.05) is 0 Å². The van der Waals surface area contributed by atoms with Gasteiger partial charge < -0.3 is 0 Å². The van der Waals surface area contributed by atoms with Crippen LogP contribution in [0.5, 0.6) is 0 Å². The molecule has 0 aromatic heterocycles. The first-order valence-electron chi connectivity index (χ1n) is 12.6. The summed E-state index contributed by atoms with van der Waals surface area (Å²) >= 11 is 1.71. The number of allylic oxidation sites excluding steroid dienone is 3. The molecule has 0 amide bonds. The zero-order valence-electron chi connectivity index (χ0n) is 20.2. The maximum atomic E-state index is 6.37. The Labute approximate surface area is 207 Å². The molecule has 0 radical (unpaired) electrons. The first kappa shape index (κ1) is 23.1. The van der Waals surface area contributed by atoms with Gasteiger partial charge in [-0.3, -0.25) is 0 Å². The molecule has 4 aliphatic rings. The second-order valence-electron chi connectivity index (χ2n) is 9.76. The molecular formula is C27H38AsN3O2. The van der Waals surface area contributed by atoms with E-state index in [1.54, 1.807) is 24.0 Å². The van der Waals surface area contributed by atoms with Crippen LogP contribution in [-0.2, 0) is 9.47 Å². The molecule has 0 bridgehead atoms. The van der Waals surface area contributed by atoms with Crippen molar-refractivity contribution in [2.75, 3.05) is 58.4 Å². The first-order chi connectivity index (χ1) is 16.2. The number of anilines is 1. The van der Waals surface area contributed by atoms with E-state index in [0.29, 0.717) is 6.04 Å². The predicted octanol–water partition coefficient (Wildman–Crippen LogP) is 3.59. The van der Waals surface area contributed by atoms with Crippen LogP contribution in [-0.4, -0.2) is 86.2 Å². The van der Waals surface area contributed by atoms with Crippen LogP contribution in [0.3, 0.4) is 0 Å². The van der Waals surface area contributed by atoms with Gasteiger partial charge in [0.1, 0.15) is 0 Å². The summed E-state index contributed by atoms with van der Waals surface area (Å²) in [6.45, 7) is 6.67. The first-order valence-corrected chi connectivity index (χ1v) is 13.8. The molecule has 0 spiro atoms. The molecule has 5 rings (SSSR count). The predicted molar refractivity (Wildman–Crippen MR) is 138 cm³/mol. The Morgan fingerprint density at radius 1 is 1.06 bits per heavy atom. The molecule has 3 heterocycles. The van der Waals surface area contributed by atoms with Crippen LogP contribution >= 0.6 is 0 Å². The van der Waals surface area contributed by atoms with Gasteiger partial charge in [0, 0.05) is 0 Å².